The molecule has 0 unspecified atom stereocenters. The molecule has 184 valence electrons. The van der Waals surface area contributed by atoms with Gasteiger partial charge >= 0.3 is 0 Å². The summed E-state index contributed by atoms with van der Waals surface area (Å²) in [5.74, 6) is 0.00846. The van der Waals surface area contributed by atoms with Crippen molar-refractivity contribution < 1.29 is 4.79 Å². The minimum atomic E-state index is 0.00846. The van der Waals surface area contributed by atoms with E-state index in [1.165, 1.54) is 5.69 Å². The summed E-state index contributed by atoms with van der Waals surface area (Å²) in [4.78, 5) is 17.8. The van der Waals surface area contributed by atoms with Gasteiger partial charge in [0.1, 0.15) is 6.07 Å². The van der Waals surface area contributed by atoms with Crippen LogP contribution < -0.4 is 20.9 Å². The first-order valence-electron chi connectivity index (χ1n) is 12.7. The summed E-state index contributed by atoms with van der Waals surface area (Å²) in [7, 11) is 0. The zero-order valence-electron chi connectivity index (χ0n) is 20.0. The van der Waals surface area contributed by atoms with Gasteiger partial charge in [-0.25, -0.2) is 0 Å². The minimum absolute atomic E-state index is 0.00846. The first-order chi connectivity index (χ1) is 17.1. The molecule has 2 heterocycles. The van der Waals surface area contributed by atoms with Crippen LogP contribution in [0.2, 0.25) is 5.02 Å². The first-order valence-corrected chi connectivity index (χ1v) is 13.0. The highest BCUT2D eigenvalue weighted by molar-refractivity contribution is 6.32. The smallest absolute Gasteiger partial charge is 0.251 e. The number of halogens is 1. The maximum absolute atomic E-state index is 12.8. The van der Waals surface area contributed by atoms with E-state index in [4.69, 9.17) is 16.9 Å². The van der Waals surface area contributed by atoms with Gasteiger partial charge < -0.3 is 20.9 Å². The van der Waals surface area contributed by atoms with Gasteiger partial charge in [0, 0.05) is 74.3 Å². The molecule has 3 aliphatic rings. The summed E-state index contributed by atoms with van der Waals surface area (Å²) in [6, 6.07) is 16.9. The van der Waals surface area contributed by atoms with Crippen LogP contribution in [-0.4, -0.2) is 68.2 Å². The second-order valence-electron chi connectivity index (χ2n) is 9.85. The fourth-order valence-corrected chi connectivity index (χ4v) is 5.51. The van der Waals surface area contributed by atoms with E-state index in [0.717, 1.165) is 76.2 Å². The Labute approximate surface area is 212 Å². The number of carbonyl (C=O) groups excluding carboxylic acids is 1. The van der Waals surface area contributed by atoms with E-state index in [2.05, 4.69) is 44.0 Å². The highest BCUT2D eigenvalue weighted by Crippen LogP contribution is 2.26. The van der Waals surface area contributed by atoms with Gasteiger partial charge in [-0.3, -0.25) is 9.69 Å². The van der Waals surface area contributed by atoms with Crippen LogP contribution >= 0.6 is 11.6 Å². The van der Waals surface area contributed by atoms with Gasteiger partial charge in [-0.15, -0.1) is 0 Å². The largest absolute Gasteiger partial charge is 0.382 e. The number of nitriles is 1. The van der Waals surface area contributed by atoms with Gasteiger partial charge in [0.2, 0.25) is 0 Å². The lowest BCUT2D eigenvalue weighted by molar-refractivity contribution is 0.0926. The molecule has 0 radical (unpaired) electrons. The number of piperazine rings is 1. The van der Waals surface area contributed by atoms with E-state index in [-0.39, 0.29) is 11.9 Å². The summed E-state index contributed by atoms with van der Waals surface area (Å²) >= 11 is 6.15. The van der Waals surface area contributed by atoms with Gasteiger partial charge in [0.15, 0.2) is 0 Å². The molecule has 2 aromatic carbocycles. The highest BCUT2D eigenvalue weighted by atomic mass is 35.5. The van der Waals surface area contributed by atoms with Crippen LogP contribution in [0.1, 0.15) is 41.6 Å². The van der Waals surface area contributed by atoms with Crippen molar-refractivity contribution in [2.75, 3.05) is 49.5 Å². The Morgan fingerprint density at radius 2 is 1.66 bits per heavy atom. The minimum Gasteiger partial charge on any atom is -0.382 e. The van der Waals surface area contributed by atoms with Gasteiger partial charge in [-0.05, 0) is 68.1 Å². The van der Waals surface area contributed by atoms with Crippen molar-refractivity contribution >= 4 is 28.9 Å². The van der Waals surface area contributed by atoms with Crippen molar-refractivity contribution in [3.05, 3.63) is 58.6 Å². The number of benzene rings is 2. The molecule has 2 aliphatic heterocycles. The lowest BCUT2D eigenvalue weighted by atomic mass is 9.90. The SMILES string of the molecule is N#Cc1ccc(N[C@H]2CC[C@H](NC(=O)c3ccc(N4CCN(C5CNC5)CC4)cc3)CC2)cc1Cl. The third kappa shape index (κ3) is 5.72. The lowest BCUT2D eigenvalue weighted by Gasteiger charge is -2.43. The molecule has 3 fully saturated rings. The van der Waals surface area contributed by atoms with Crippen molar-refractivity contribution in [3.63, 3.8) is 0 Å². The predicted molar refractivity (Wildman–Crippen MR) is 140 cm³/mol. The van der Waals surface area contributed by atoms with Crippen LogP contribution in [0.15, 0.2) is 42.5 Å². The summed E-state index contributed by atoms with van der Waals surface area (Å²) in [6.07, 6.45) is 3.83. The monoisotopic (exact) mass is 492 g/mol. The fraction of sp³-hybridized carbons (Fsp3) is 0.481. The van der Waals surface area contributed by atoms with Crippen LogP contribution in [0, 0.1) is 11.3 Å². The van der Waals surface area contributed by atoms with Crippen molar-refractivity contribution in [2.24, 2.45) is 0 Å². The van der Waals surface area contributed by atoms with Gasteiger partial charge in [0.25, 0.3) is 5.91 Å². The summed E-state index contributed by atoms with van der Waals surface area (Å²) in [5, 5.41) is 19.6. The number of amides is 1. The van der Waals surface area contributed by atoms with Crippen LogP contribution in [0.25, 0.3) is 0 Å². The molecule has 0 atom stereocenters. The fourth-order valence-electron chi connectivity index (χ4n) is 5.28. The maximum Gasteiger partial charge on any atom is 0.251 e. The third-order valence-corrected chi connectivity index (χ3v) is 7.92. The molecular weight excluding hydrogens is 460 g/mol. The number of hydrogen-bond acceptors (Lipinski definition) is 6. The third-order valence-electron chi connectivity index (χ3n) is 7.61. The Kier molecular flexibility index (Phi) is 7.43. The van der Waals surface area contributed by atoms with Gasteiger partial charge in [0.05, 0.1) is 10.6 Å². The topological polar surface area (TPSA) is 83.4 Å². The van der Waals surface area contributed by atoms with E-state index in [0.29, 0.717) is 22.7 Å². The molecule has 0 spiro atoms. The Balaban J connectivity index is 1.07. The zero-order chi connectivity index (χ0) is 24.2. The molecule has 1 amide bonds. The summed E-state index contributed by atoms with van der Waals surface area (Å²) < 4.78 is 0. The van der Waals surface area contributed by atoms with Crippen LogP contribution in [-0.2, 0) is 0 Å². The zero-order valence-corrected chi connectivity index (χ0v) is 20.7. The van der Waals surface area contributed by atoms with Crippen LogP contribution in [0.3, 0.4) is 0 Å². The quantitative estimate of drug-likeness (QED) is 0.573. The van der Waals surface area contributed by atoms with Gasteiger partial charge in [-0.1, -0.05) is 11.6 Å². The number of anilines is 2. The highest BCUT2D eigenvalue weighted by Gasteiger charge is 2.28. The van der Waals surface area contributed by atoms with E-state index in [9.17, 15) is 4.79 Å². The van der Waals surface area contributed by atoms with E-state index < -0.39 is 0 Å². The average molecular weight is 493 g/mol. The average Bonchev–Trinajstić information content (AvgIpc) is 2.85. The Bertz CT molecular complexity index is 1060. The second kappa shape index (κ2) is 10.9. The molecule has 3 N–H and O–H groups in total. The van der Waals surface area contributed by atoms with Crippen LogP contribution in [0.4, 0.5) is 11.4 Å². The van der Waals surface area contributed by atoms with Crippen LogP contribution in [0.5, 0.6) is 0 Å². The molecule has 1 saturated carbocycles. The van der Waals surface area contributed by atoms with Crippen molar-refractivity contribution in [3.8, 4) is 6.07 Å². The molecule has 7 nitrogen and oxygen atoms in total. The number of hydrogen-bond donors (Lipinski definition) is 3. The lowest BCUT2D eigenvalue weighted by Crippen LogP contribution is -2.61. The number of rotatable bonds is 6. The normalized spacial score (nSPS) is 23.3. The molecule has 0 aromatic heterocycles. The standard InChI is InChI=1S/C27H33ClN6O/c28-26-15-23(4-1-20(26)16-29)31-21-5-7-22(8-6-21)32-27(35)19-2-9-24(10-3-19)33-11-13-34(14-12-33)25-17-30-18-25/h1-4,9-10,15,21-22,25,30-31H,5-8,11-14,17-18H2,(H,32,35)/t21-,22-. The Hall–Kier alpha value is -2.79. The number of carbonyl (C=O) groups is 1. The molecule has 8 heteroatoms. The molecule has 1 aliphatic carbocycles. The summed E-state index contributed by atoms with van der Waals surface area (Å²) in [6.45, 7) is 6.51. The van der Waals surface area contributed by atoms with E-state index >= 15 is 0 Å². The molecule has 0 bridgehead atoms. The van der Waals surface area contributed by atoms with E-state index in [1.54, 1.807) is 6.07 Å². The van der Waals surface area contributed by atoms with E-state index in [1.807, 2.05) is 24.3 Å². The predicted octanol–water partition coefficient (Wildman–Crippen LogP) is 3.46. The summed E-state index contributed by atoms with van der Waals surface area (Å²) in [5.41, 5.74) is 3.34. The van der Waals surface area contributed by atoms with Crippen molar-refractivity contribution in [2.45, 2.75) is 43.8 Å². The molecule has 5 rings (SSSR count). The van der Waals surface area contributed by atoms with Crippen molar-refractivity contribution in [1.82, 2.24) is 15.5 Å². The Morgan fingerprint density at radius 3 is 2.26 bits per heavy atom. The number of nitrogens with zero attached hydrogens (tertiary/aromatic N) is 3. The van der Waals surface area contributed by atoms with Crippen molar-refractivity contribution in [1.29, 1.82) is 5.26 Å². The second-order valence-corrected chi connectivity index (χ2v) is 10.3. The first kappa shape index (κ1) is 23.9. The maximum atomic E-state index is 12.8. The molecule has 35 heavy (non-hydrogen) atoms. The number of nitrogens with one attached hydrogen (secondary N) is 3. The molecule has 2 aromatic rings. The molecule has 2 saturated heterocycles. The molecular formula is C27H33ClN6O. The van der Waals surface area contributed by atoms with Gasteiger partial charge in [-0.2, -0.15) is 5.26 Å². The Morgan fingerprint density at radius 1 is 0.971 bits per heavy atom.